The molecule has 3 N–H and O–H groups in total. The molecule has 3 atom stereocenters. The zero-order valence-corrected chi connectivity index (χ0v) is 24.7. The standard InChI is InChI=1S/C28H39IN2O8/c1-3-38-17-25(34)31(15-18-7-5-4-6-8-18)22-13-20(28(36)30-9-10-32)14-23(26(22)35)39-27-21(29)11-19(16-33)12-24(27)37-2/h11-12,14,16,18,22-23,26,32,35H,3-10,13,15,17H2,1-2H3,(H,30,36). The van der Waals surface area contributed by atoms with E-state index in [4.69, 9.17) is 14.2 Å². The zero-order chi connectivity index (χ0) is 28.4. The van der Waals surface area contributed by atoms with Gasteiger partial charge in [-0.15, -0.1) is 0 Å². The molecule has 0 saturated heterocycles. The molecule has 216 valence electrons. The first-order valence-corrected chi connectivity index (χ1v) is 14.5. The minimum Gasteiger partial charge on any atom is -0.493 e. The van der Waals surface area contributed by atoms with Crippen LogP contribution in [0.15, 0.2) is 23.8 Å². The molecule has 0 aliphatic heterocycles. The summed E-state index contributed by atoms with van der Waals surface area (Å²) in [5.41, 5.74) is 0.755. The van der Waals surface area contributed by atoms with Crippen molar-refractivity contribution < 1.29 is 38.8 Å². The fourth-order valence-corrected chi connectivity index (χ4v) is 5.93. The van der Waals surface area contributed by atoms with Crippen molar-refractivity contribution in [1.82, 2.24) is 10.2 Å². The molecule has 10 nitrogen and oxygen atoms in total. The van der Waals surface area contributed by atoms with E-state index in [0.717, 1.165) is 25.7 Å². The van der Waals surface area contributed by atoms with Crippen LogP contribution >= 0.6 is 22.6 Å². The molecular formula is C28H39IN2O8. The molecule has 2 amide bonds. The van der Waals surface area contributed by atoms with Gasteiger partial charge in [0.25, 0.3) is 0 Å². The number of carbonyl (C=O) groups is 3. The van der Waals surface area contributed by atoms with E-state index in [2.05, 4.69) is 5.32 Å². The van der Waals surface area contributed by atoms with Gasteiger partial charge in [-0.3, -0.25) is 14.4 Å². The van der Waals surface area contributed by atoms with Crippen LogP contribution in [0.5, 0.6) is 11.5 Å². The lowest BCUT2D eigenvalue weighted by molar-refractivity contribution is -0.144. The van der Waals surface area contributed by atoms with Gasteiger partial charge < -0.3 is 34.6 Å². The van der Waals surface area contributed by atoms with Crippen LogP contribution in [0.4, 0.5) is 0 Å². The van der Waals surface area contributed by atoms with Crippen molar-refractivity contribution in [2.45, 2.75) is 63.7 Å². The molecule has 39 heavy (non-hydrogen) atoms. The summed E-state index contributed by atoms with van der Waals surface area (Å²) in [6.07, 6.45) is 5.62. The molecule has 0 heterocycles. The summed E-state index contributed by atoms with van der Waals surface area (Å²) in [5.74, 6) is 0.279. The third-order valence-corrected chi connectivity index (χ3v) is 7.99. The third-order valence-electron chi connectivity index (χ3n) is 7.19. The van der Waals surface area contributed by atoms with E-state index in [1.807, 2.05) is 29.5 Å². The maximum absolute atomic E-state index is 13.4. The van der Waals surface area contributed by atoms with E-state index >= 15 is 0 Å². The van der Waals surface area contributed by atoms with Crippen LogP contribution in [-0.2, 0) is 14.3 Å². The SMILES string of the molecule is CCOCC(=O)N(CC1CCCCC1)C1CC(C(=O)NCCO)=CC(Oc2c(I)cc(C=O)cc2OC)C1O. The maximum atomic E-state index is 13.4. The number of carbonyl (C=O) groups excluding carboxylic acids is 3. The first kappa shape index (κ1) is 31.3. The van der Waals surface area contributed by atoms with Gasteiger partial charge in [0.15, 0.2) is 11.5 Å². The Hall–Kier alpha value is -2.22. The average Bonchev–Trinajstić information content (AvgIpc) is 2.95. The van der Waals surface area contributed by atoms with Gasteiger partial charge in [0.1, 0.15) is 25.1 Å². The van der Waals surface area contributed by atoms with E-state index in [9.17, 15) is 24.6 Å². The molecule has 1 fully saturated rings. The number of aliphatic hydroxyl groups is 2. The van der Waals surface area contributed by atoms with Gasteiger partial charge in [0, 0.05) is 37.3 Å². The number of ether oxygens (including phenoxy) is 3. The summed E-state index contributed by atoms with van der Waals surface area (Å²) >= 11 is 2.03. The van der Waals surface area contributed by atoms with E-state index < -0.39 is 24.2 Å². The van der Waals surface area contributed by atoms with Crippen molar-refractivity contribution in [3.63, 3.8) is 0 Å². The Morgan fingerprint density at radius 2 is 1.97 bits per heavy atom. The van der Waals surface area contributed by atoms with Gasteiger partial charge in [-0.05, 0) is 66.5 Å². The Labute approximate surface area is 243 Å². The first-order chi connectivity index (χ1) is 18.8. The van der Waals surface area contributed by atoms with E-state index in [1.165, 1.54) is 19.6 Å². The molecule has 1 saturated carbocycles. The quantitative estimate of drug-likeness (QED) is 0.218. The zero-order valence-electron chi connectivity index (χ0n) is 22.6. The van der Waals surface area contributed by atoms with Crippen LogP contribution in [0, 0.1) is 9.49 Å². The van der Waals surface area contributed by atoms with Crippen molar-refractivity contribution >= 4 is 40.7 Å². The largest absolute Gasteiger partial charge is 0.493 e. The molecular weight excluding hydrogens is 619 g/mol. The molecule has 0 radical (unpaired) electrons. The topological polar surface area (TPSA) is 135 Å². The summed E-state index contributed by atoms with van der Waals surface area (Å²) in [4.78, 5) is 39.4. The van der Waals surface area contributed by atoms with Gasteiger partial charge in [0.2, 0.25) is 11.8 Å². The fraction of sp³-hybridized carbons (Fsp3) is 0.607. The van der Waals surface area contributed by atoms with Crippen LogP contribution < -0.4 is 14.8 Å². The Balaban J connectivity index is 1.98. The maximum Gasteiger partial charge on any atom is 0.248 e. The Morgan fingerprint density at radius 3 is 2.62 bits per heavy atom. The van der Waals surface area contributed by atoms with Crippen molar-refractivity contribution in [3.8, 4) is 11.5 Å². The van der Waals surface area contributed by atoms with E-state index in [-0.39, 0.29) is 32.1 Å². The number of aliphatic hydroxyl groups excluding tert-OH is 2. The van der Waals surface area contributed by atoms with Gasteiger partial charge in [-0.25, -0.2) is 0 Å². The van der Waals surface area contributed by atoms with Crippen molar-refractivity contribution in [2.24, 2.45) is 5.92 Å². The molecule has 3 unspecified atom stereocenters. The van der Waals surface area contributed by atoms with Gasteiger partial charge in [0.05, 0.1) is 23.3 Å². The van der Waals surface area contributed by atoms with Crippen molar-refractivity contribution in [3.05, 3.63) is 32.9 Å². The summed E-state index contributed by atoms with van der Waals surface area (Å²) in [6, 6.07) is 2.44. The highest BCUT2D eigenvalue weighted by atomic mass is 127. The predicted molar refractivity (Wildman–Crippen MR) is 153 cm³/mol. The average molecular weight is 659 g/mol. The Morgan fingerprint density at radius 1 is 1.23 bits per heavy atom. The number of hydrogen-bond donors (Lipinski definition) is 3. The number of rotatable bonds is 13. The monoisotopic (exact) mass is 658 g/mol. The second-order valence-corrected chi connectivity index (χ2v) is 11.0. The van der Waals surface area contributed by atoms with Crippen molar-refractivity contribution in [2.75, 3.05) is 40.0 Å². The number of hydrogen-bond acceptors (Lipinski definition) is 8. The summed E-state index contributed by atoms with van der Waals surface area (Å²) in [7, 11) is 1.45. The number of nitrogens with zero attached hydrogens (tertiary/aromatic N) is 1. The van der Waals surface area contributed by atoms with Gasteiger partial charge in [-0.1, -0.05) is 19.3 Å². The van der Waals surface area contributed by atoms with Crippen LogP contribution in [0.3, 0.4) is 0 Å². The number of halogens is 1. The first-order valence-electron chi connectivity index (χ1n) is 13.5. The summed E-state index contributed by atoms with van der Waals surface area (Å²) < 4.78 is 17.7. The lowest BCUT2D eigenvalue weighted by Crippen LogP contribution is -2.56. The molecule has 2 aliphatic rings. The Bertz CT molecular complexity index is 1030. The highest BCUT2D eigenvalue weighted by molar-refractivity contribution is 14.1. The number of benzene rings is 1. The lowest BCUT2D eigenvalue weighted by atomic mass is 9.85. The number of amides is 2. The normalized spacial score (nSPS) is 21.6. The molecule has 1 aromatic rings. The summed E-state index contributed by atoms with van der Waals surface area (Å²) in [6.45, 7) is 2.39. The smallest absolute Gasteiger partial charge is 0.248 e. The fourth-order valence-electron chi connectivity index (χ4n) is 5.18. The number of aldehydes is 1. The van der Waals surface area contributed by atoms with Crippen LogP contribution in [0.25, 0.3) is 0 Å². The van der Waals surface area contributed by atoms with E-state index in [0.29, 0.717) is 51.6 Å². The summed E-state index contributed by atoms with van der Waals surface area (Å²) in [5, 5.41) is 23.5. The van der Waals surface area contributed by atoms with E-state index in [1.54, 1.807) is 17.0 Å². The molecule has 0 bridgehead atoms. The molecule has 1 aromatic carbocycles. The van der Waals surface area contributed by atoms with Crippen LogP contribution in [-0.4, -0.2) is 91.5 Å². The minimum absolute atomic E-state index is 0.0723. The third kappa shape index (κ3) is 8.38. The predicted octanol–water partition coefficient (Wildman–Crippen LogP) is 2.47. The highest BCUT2D eigenvalue weighted by Crippen LogP contribution is 2.37. The Kier molecular flexibility index (Phi) is 12.5. The second-order valence-electron chi connectivity index (χ2n) is 9.86. The minimum atomic E-state index is -1.15. The van der Waals surface area contributed by atoms with Gasteiger partial charge >= 0.3 is 0 Å². The van der Waals surface area contributed by atoms with Gasteiger partial charge in [-0.2, -0.15) is 0 Å². The number of nitrogens with one attached hydrogen (secondary N) is 1. The highest BCUT2D eigenvalue weighted by Gasteiger charge is 2.41. The number of methoxy groups -OCH3 is 1. The molecule has 0 aromatic heterocycles. The molecule has 2 aliphatic carbocycles. The lowest BCUT2D eigenvalue weighted by Gasteiger charge is -2.42. The van der Waals surface area contributed by atoms with Crippen molar-refractivity contribution in [1.29, 1.82) is 0 Å². The second kappa shape index (κ2) is 15.5. The van der Waals surface area contributed by atoms with Crippen LogP contribution in [0.1, 0.15) is 55.8 Å². The molecule has 11 heteroatoms. The van der Waals surface area contributed by atoms with Crippen LogP contribution in [0.2, 0.25) is 0 Å². The molecule has 3 rings (SSSR count). The molecule has 0 spiro atoms.